The number of nitrogens with one attached hydrogen (secondary N) is 1. The second-order valence-corrected chi connectivity index (χ2v) is 6.94. The van der Waals surface area contributed by atoms with Crippen molar-refractivity contribution in [3.05, 3.63) is 48.0 Å². The molecule has 0 atom stereocenters. The standard InChI is InChI=1S/C20H20N2O3/c23-19-15-6-2-3-7-16(15)21-20(10-4-1-5-11-20)22(19)14-8-9-17-18(12-14)25-13-24-17/h2-3,6-9,12,21H,1,4-5,10-11,13H2. The highest BCUT2D eigenvalue weighted by Crippen LogP contribution is 2.45. The third-order valence-electron chi connectivity index (χ3n) is 5.45. The van der Waals surface area contributed by atoms with Crippen LogP contribution >= 0.6 is 0 Å². The van der Waals surface area contributed by atoms with E-state index in [9.17, 15) is 4.79 Å². The van der Waals surface area contributed by atoms with E-state index in [2.05, 4.69) is 5.32 Å². The number of carbonyl (C=O) groups excluding carboxylic acids is 1. The molecule has 5 heteroatoms. The Morgan fingerprint density at radius 2 is 1.76 bits per heavy atom. The molecule has 3 aliphatic rings. The molecule has 5 rings (SSSR count). The molecule has 0 unspecified atom stereocenters. The number of hydrogen-bond donors (Lipinski definition) is 1. The Bertz CT molecular complexity index is 843. The Morgan fingerprint density at radius 1 is 0.960 bits per heavy atom. The van der Waals surface area contributed by atoms with Crippen LogP contribution in [0.4, 0.5) is 11.4 Å². The van der Waals surface area contributed by atoms with E-state index in [0.29, 0.717) is 5.75 Å². The highest BCUT2D eigenvalue weighted by molar-refractivity contribution is 6.13. The van der Waals surface area contributed by atoms with Gasteiger partial charge in [0, 0.05) is 11.8 Å². The first-order valence-corrected chi connectivity index (χ1v) is 8.88. The van der Waals surface area contributed by atoms with Crippen molar-refractivity contribution < 1.29 is 14.3 Å². The van der Waals surface area contributed by atoms with Gasteiger partial charge < -0.3 is 14.8 Å². The number of anilines is 2. The predicted molar refractivity (Wildman–Crippen MR) is 95.3 cm³/mol. The number of para-hydroxylation sites is 1. The van der Waals surface area contributed by atoms with E-state index >= 15 is 0 Å². The van der Waals surface area contributed by atoms with Crippen molar-refractivity contribution in [1.82, 2.24) is 0 Å². The zero-order valence-corrected chi connectivity index (χ0v) is 14.0. The molecule has 128 valence electrons. The molecule has 0 saturated heterocycles. The minimum absolute atomic E-state index is 0.0510. The fraction of sp³-hybridized carbons (Fsp3) is 0.350. The zero-order chi connectivity index (χ0) is 16.9. The summed E-state index contributed by atoms with van der Waals surface area (Å²) >= 11 is 0. The van der Waals surface area contributed by atoms with Crippen LogP contribution in [0.2, 0.25) is 0 Å². The largest absolute Gasteiger partial charge is 0.454 e. The molecular weight excluding hydrogens is 316 g/mol. The molecule has 1 saturated carbocycles. The third kappa shape index (κ3) is 2.18. The molecule has 1 N–H and O–H groups in total. The summed E-state index contributed by atoms with van der Waals surface area (Å²) in [5.74, 6) is 1.49. The topological polar surface area (TPSA) is 50.8 Å². The third-order valence-corrected chi connectivity index (χ3v) is 5.45. The summed E-state index contributed by atoms with van der Waals surface area (Å²) < 4.78 is 10.9. The second-order valence-electron chi connectivity index (χ2n) is 6.94. The monoisotopic (exact) mass is 336 g/mol. The Kier molecular flexibility index (Phi) is 3.17. The van der Waals surface area contributed by atoms with Crippen LogP contribution in [-0.2, 0) is 0 Å². The van der Waals surface area contributed by atoms with E-state index in [0.717, 1.165) is 48.4 Å². The highest BCUT2D eigenvalue weighted by atomic mass is 16.7. The molecule has 0 radical (unpaired) electrons. The lowest BCUT2D eigenvalue weighted by Gasteiger charge is -2.50. The van der Waals surface area contributed by atoms with E-state index in [1.165, 1.54) is 6.42 Å². The van der Waals surface area contributed by atoms with Crippen LogP contribution in [0.3, 0.4) is 0 Å². The number of benzene rings is 2. The van der Waals surface area contributed by atoms with Gasteiger partial charge in [-0.15, -0.1) is 0 Å². The summed E-state index contributed by atoms with van der Waals surface area (Å²) in [4.78, 5) is 15.3. The number of nitrogens with zero attached hydrogens (tertiary/aromatic N) is 1. The number of rotatable bonds is 1. The van der Waals surface area contributed by atoms with E-state index in [-0.39, 0.29) is 18.4 Å². The quantitative estimate of drug-likeness (QED) is 0.850. The maximum atomic E-state index is 13.4. The minimum Gasteiger partial charge on any atom is -0.454 e. The maximum Gasteiger partial charge on any atom is 0.262 e. The van der Waals surface area contributed by atoms with Gasteiger partial charge in [-0.25, -0.2) is 0 Å². The van der Waals surface area contributed by atoms with Gasteiger partial charge in [-0.1, -0.05) is 18.6 Å². The zero-order valence-electron chi connectivity index (χ0n) is 14.0. The summed E-state index contributed by atoms with van der Waals surface area (Å²) in [6.07, 6.45) is 5.34. The molecule has 2 aromatic carbocycles. The number of amides is 1. The Balaban J connectivity index is 1.65. The Labute approximate surface area is 146 Å². The predicted octanol–water partition coefficient (Wildman–Crippen LogP) is 4.15. The molecule has 0 aromatic heterocycles. The highest BCUT2D eigenvalue weighted by Gasteiger charge is 2.46. The number of fused-ring (bicyclic) bond motifs is 2. The van der Waals surface area contributed by atoms with Crippen molar-refractivity contribution >= 4 is 17.3 Å². The maximum absolute atomic E-state index is 13.4. The second kappa shape index (κ2) is 5.41. The van der Waals surface area contributed by atoms with E-state index in [1.807, 2.05) is 47.4 Å². The van der Waals surface area contributed by atoms with Crippen molar-refractivity contribution in [3.8, 4) is 11.5 Å². The van der Waals surface area contributed by atoms with Crippen molar-refractivity contribution in [2.24, 2.45) is 0 Å². The molecule has 2 heterocycles. The van der Waals surface area contributed by atoms with Crippen molar-refractivity contribution in [2.45, 2.75) is 37.8 Å². The average molecular weight is 336 g/mol. The van der Waals surface area contributed by atoms with Crippen molar-refractivity contribution in [3.63, 3.8) is 0 Å². The smallest absolute Gasteiger partial charge is 0.262 e. The van der Waals surface area contributed by atoms with Crippen LogP contribution in [0.25, 0.3) is 0 Å². The minimum atomic E-state index is -0.364. The van der Waals surface area contributed by atoms with Gasteiger partial charge in [-0.3, -0.25) is 9.69 Å². The van der Waals surface area contributed by atoms with Crippen LogP contribution in [0.15, 0.2) is 42.5 Å². The Hall–Kier alpha value is -2.69. The molecular formula is C20H20N2O3. The Morgan fingerprint density at radius 3 is 2.64 bits per heavy atom. The van der Waals surface area contributed by atoms with Gasteiger partial charge in [0.2, 0.25) is 6.79 Å². The molecule has 1 fully saturated rings. The lowest BCUT2D eigenvalue weighted by atomic mass is 9.84. The fourth-order valence-electron chi connectivity index (χ4n) is 4.27. The lowest BCUT2D eigenvalue weighted by molar-refractivity contribution is 0.0938. The van der Waals surface area contributed by atoms with Crippen LogP contribution < -0.4 is 19.7 Å². The number of carbonyl (C=O) groups is 1. The average Bonchev–Trinajstić information content (AvgIpc) is 3.10. The van der Waals surface area contributed by atoms with Crippen LogP contribution in [-0.4, -0.2) is 18.4 Å². The summed E-state index contributed by atoms with van der Waals surface area (Å²) in [6.45, 7) is 0.235. The fourth-order valence-corrected chi connectivity index (χ4v) is 4.27. The summed E-state index contributed by atoms with van der Waals surface area (Å²) in [5, 5.41) is 3.69. The molecule has 0 bridgehead atoms. The van der Waals surface area contributed by atoms with Gasteiger partial charge in [-0.05, 0) is 49.9 Å². The lowest BCUT2D eigenvalue weighted by Crippen LogP contribution is -2.61. The first-order valence-electron chi connectivity index (χ1n) is 8.88. The summed E-state index contributed by atoms with van der Waals surface area (Å²) in [5.41, 5.74) is 2.15. The number of hydrogen-bond acceptors (Lipinski definition) is 4. The molecule has 1 spiro atoms. The summed E-state index contributed by atoms with van der Waals surface area (Å²) in [7, 11) is 0. The van der Waals surface area contributed by atoms with Gasteiger partial charge in [-0.2, -0.15) is 0 Å². The molecule has 1 aliphatic carbocycles. The molecule has 25 heavy (non-hydrogen) atoms. The van der Waals surface area contributed by atoms with E-state index in [4.69, 9.17) is 9.47 Å². The van der Waals surface area contributed by atoms with Crippen molar-refractivity contribution in [2.75, 3.05) is 17.0 Å². The van der Waals surface area contributed by atoms with E-state index in [1.54, 1.807) is 0 Å². The molecule has 2 aromatic rings. The van der Waals surface area contributed by atoms with Gasteiger partial charge >= 0.3 is 0 Å². The van der Waals surface area contributed by atoms with Gasteiger partial charge in [0.15, 0.2) is 11.5 Å². The van der Waals surface area contributed by atoms with Crippen LogP contribution in [0.1, 0.15) is 42.5 Å². The SMILES string of the molecule is O=C1c2ccccc2NC2(CCCCC2)N1c1ccc2c(c1)OCO2. The van der Waals surface area contributed by atoms with Crippen LogP contribution in [0, 0.1) is 0 Å². The van der Waals surface area contributed by atoms with Crippen LogP contribution in [0.5, 0.6) is 11.5 Å². The van der Waals surface area contributed by atoms with Gasteiger partial charge in [0.25, 0.3) is 5.91 Å². The normalized spacial score (nSPS) is 20.3. The molecule has 2 aliphatic heterocycles. The molecule has 5 nitrogen and oxygen atoms in total. The number of ether oxygens (including phenoxy) is 2. The first-order chi connectivity index (χ1) is 12.3. The van der Waals surface area contributed by atoms with Gasteiger partial charge in [0.05, 0.1) is 11.3 Å². The summed E-state index contributed by atoms with van der Waals surface area (Å²) in [6, 6.07) is 13.5. The molecule has 1 amide bonds. The van der Waals surface area contributed by atoms with Crippen molar-refractivity contribution in [1.29, 1.82) is 0 Å². The first kappa shape index (κ1) is 14.6. The van der Waals surface area contributed by atoms with E-state index < -0.39 is 0 Å². The van der Waals surface area contributed by atoms with Gasteiger partial charge in [0.1, 0.15) is 5.66 Å².